The van der Waals surface area contributed by atoms with Crippen molar-refractivity contribution < 1.29 is 58.4 Å². The van der Waals surface area contributed by atoms with Crippen LogP contribution in [0.3, 0.4) is 0 Å². The van der Waals surface area contributed by atoms with Gasteiger partial charge in [0.1, 0.15) is 30.0 Å². The molecule has 0 radical (unpaired) electrons. The minimum absolute atomic E-state index is 0.105. The summed E-state index contributed by atoms with van der Waals surface area (Å²) in [4.78, 5) is 18.6. The number of aliphatic hydroxyl groups is 4. The SMILES string of the molecule is C=C1CO[C@H]2[C@@H](C)N(C1)C[C@H](C)C[C@@](C)(O)[C@H](OC1O[C@H](C)C[C@H](N(C)C)[C@H]1O)[C@@H](C)[C@H](OC1C[C@@](C)(OC)[C@@H](O)[C@H](C)O1)[C@@H](C)C(=O)O[C@H](CC)[C@@]2(C)O. The van der Waals surface area contributed by atoms with Gasteiger partial charge in [-0.3, -0.25) is 9.69 Å². The highest BCUT2D eigenvalue weighted by Crippen LogP contribution is 2.40. The van der Waals surface area contributed by atoms with E-state index in [0.717, 1.165) is 5.57 Å². The number of nitrogens with zero attached hydrogens (tertiary/aromatic N) is 2. The molecule has 4 heterocycles. The highest BCUT2D eigenvalue weighted by molar-refractivity contribution is 5.73. The monoisotopic (exact) mass is 787 g/mol. The van der Waals surface area contributed by atoms with Crippen LogP contribution in [0.4, 0.5) is 0 Å². The molecule has 4 aliphatic rings. The van der Waals surface area contributed by atoms with Gasteiger partial charge in [0, 0.05) is 44.6 Å². The Bertz CT molecular complexity index is 1280. The van der Waals surface area contributed by atoms with Crippen LogP contribution in [0.1, 0.15) is 94.9 Å². The lowest BCUT2D eigenvalue weighted by Crippen LogP contribution is -2.60. The second-order valence-corrected chi connectivity index (χ2v) is 18.2. The number of rotatable bonds is 7. The molecule has 0 amide bonds. The summed E-state index contributed by atoms with van der Waals surface area (Å²) in [5.41, 5.74) is -3.29. The van der Waals surface area contributed by atoms with Gasteiger partial charge in [-0.15, -0.1) is 0 Å². The highest BCUT2D eigenvalue weighted by Gasteiger charge is 2.53. The molecule has 2 bridgehead atoms. The van der Waals surface area contributed by atoms with Gasteiger partial charge in [-0.1, -0.05) is 27.4 Å². The standard InChI is InChI=1S/C41H74N2O12/c1-15-30-41(11,48)36-27(7)43(20-23(3)21-50-36)19-22(2)17-39(9,47)35(55-38-32(44)29(42(12)13)16-24(4)51-38)25(5)33(26(6)37(46)53-30)54-31-18-40(10,49-14)34(45)28(8)52-31/h22,24-36,38,44-45,47-48H,3,15-21H2,1-2,4-14H3/t22-,24-,25+,26-,27-,28+,29+,30-,31?,32-,33+,34+,35-,36+,38?,39-,40-,41-/m1/s1. The van der Waals surface area contributed by atoms with E-state index in [9.17, 15) is 25.2 Å². The maximum atomic E-state index is 14.4. The minimum atomic E-state index is -1.58. The molecule has 14 nitrogen and oxygen atoms in total. The summed E-state index contributed by atoms with van der Waals surface area (Å²) < 4.78 is 44.4. The van der Waals surface area contributed by atoms with Crippen LogP contribution in [-0.2, 0) is 38.0 Å². The van der Waals surface area contributed by atoms with Crippen molar-refractivity contribution in [3.05, 3.63) is 12.2 Å². The molecule has 320 valence electrons. The van der Waals surface area contributed by atoms with Crippen LogP contribution < -0.4 is 0 Å². The van der Waals surface area contributed by atoms with Crippen molar-refractivity contribution in [2.24, 2.45) is 17.8 Å². The van der Waals surface area contributed by atoms with Crippen LogP contribution in [0.15, 0.2) is 12.2 Å². The molecule has 4 N–H and O–H groups in total. The van der Waals surface area contributed by atoms with E-state index in [1.807, 2.05) is 46.7 Å². The van der Waals surface area contributed by atoms with Crippen LogP contribution in [0.2, 0.25) is 0 Å². The molecule has 0 aromatic carbocycles. The average molecular weight is 787 g/mol. The molecule has 19 atom stereocenters. The maximum absolute atomic E-state index is 14.4. The van der Waals surface area contributed by atoms with Gasteiger partial charge in [-0.2, -0.15) is 0 Å². The molecule has 4 saturated heterocycles. The number of hydrogen-bond acceptors (Lipinski definition) is 14. The third-order valence-corrected chi connectivity index (χ3v) is 12.9. The van der Waals surface area contributed by atoms with E-state index in [0.29, 0.717) is 25.9 Å². The number of hydrogen-bond donors (Lipinski definition) is 4. The molecular weight excluding hydrogens is 712 g/mol. The normalized spacial score (nSPS) is 49.8. The van der Waals surface area contributed by atoms with Crippen LogP contribution in [0, 0.1) is 17.8 Å². The average Bonchev–Trinajstić information content (AvgIpc) is 3.23. The van der Waals surface area contributed by atoms with Gasteiger partial charge in [0.2, 0.25) is 0 Å². The molecular formula is C41H74N2O12. The number of methoxy groups -OCH3 is 1. The van der Waals surface area contributed by atoms with Crippen molar-refractivity contribution in [3.63, 3.8) is 0 Å². The van der Waals surface area contributed by atoms with E-state index < -0.39 is 89.9 Å². The molecule has 55 heavy (non-hydrogen) atoms. The largest absolute Gasteiger partial charge is 0.459 e. The van der Waals surface area contributed by atoms with Gasteiger partial charge in [-0.05, 0) is 93.3 Å². The van der Waals surface area contributed by atoms with Crippen LogP contribution in [-0.4, -0.2) is 167 Å². The Hall–Kier alpha value is -1.27. The number of carbonyl (C=O) groups excluding carboxylic acids is 1. The molecule has 4 fully saturated rings. The van der Waals surface area contributed by atoms with Crippen molar-refractivity contribution in [3.8, 4) is 0 Å². The molecule has 0 aromatic rings. The fourth-order valence-corrected chi connectivity index (χ4v) is 9.65. The van der Waals surface area contributed by atoms with Gasteiger partial charge in [-0.25, -0.2) is 0 Å². The first-order valence-corrected chi connectivity index (χ1v) is 20.3. The first kappa shape index (κ1) is 46.4. The third kappa shape index (κ3) is 10.3. The maximum Gasteiger partial charge on any atom is 0.311 e. The summed E-state index contributed by atoms with van der Waals surface area (Å²) in [7, 11) is 5.32. The van der Waals surface area contributed by atoms with E-state index in [1.54, 1.807) is 34.6 Å². The fraction of sp³-hybridized carbons (Fsp3) is 0.927. The Balaban J connectivity index is 1.84. The number of esters is 1. The van der Waals surface area contributed by atoms with Crippen molar-refractivity contribution in [1.29, 1.82) is 0 Å². The van der Waals surface area contributed by atoms with Gasteiger partial charge in [0.15, 0.2) is 12.6 Å². The van der Waals surface area contributed by atoms with Gasteiger partial charge in [0.05, 0.1) is 48.1 Å². The lowest BCUT2D eigenvalue weighted by atomic mass is 9.77. The van der Waals surface area contributed by atoms with E-state index in [4.69, 9.17) is 33.2 Å². The van der Waals surface area contributed by atoms with E-state index in [1.165, 1.54) is 7.11 Å². The zero-order valence-electron chi connectivity index (χ0n) is 35.8. The molecule has 0 saturated carbocycles. The topological polar surface area (TPSA) is 169 Å². The number of cyclic esters (lactones) is 1. The highest BCUT2D eigenvalue weighted by atomic mass is 16.7. The first-order valence-electron chi connectivity index (χ1n) is 20.3. The second-order valence-electron chi connectivity index (χ2n) is 18.2. The zero-order chi connectivity index (χ0) is 41.4. The molecule has 4 rings (SSSR count). The predicted octanol–water partition coefficient (Wildman–Crippen LogP) is 2.87. The summed E-state index contributed by atoms with van der Waals surface area (Å²) in [5.74, 6) is -2.43. The Morgan fingerprint density at radius 1 is 1.00 bits per heavy atom. The van der Waals surface area contributed by atoms with E-state index in [2.05, 4.69) is 18.4 Å². The Labute approximate surface area is 329 Å². The van der Waals surface area contributed by atoms with Gasteiger partial charge in [0.25, 0.3) is 0 Å². The summed E-state index contributed by atoms with van der Waals surface area (Å²) in [6.45, 7) is 23.8. The number of ether oxygens (including phenoxy) is 7. The third-order valence-electron chi connectivity index (χ3n) is 12.9. The van der Waals surface area contributed by atoms with E-state index >= 15 is 0 Å². The zero-order valence-corrected chi connectivity index (χ0v) is 35.8. The Kier molecular flexibility index (Phi) is 15.5. The quantitative estimate of drug-likeness (QED) is 0.220. The molecule has 4 aliphatic heterocycles. The summed E-state index contributed by atoms with van der Waals surface area (Å²) >= 11 is 0. The van der Waals surface area contributed by atoms with Crippen molar-refractivity contribution in [2.75, 3.05) is 40.9 Å². The number of aliphatic hydroxyl groups excluding tert-OH is 2. The lowest BCUT2D eigenvalue weighted by Gasteiger charge is -2.48. The van der Waals surface area contributed by atoms with Gasteiger partial charge < -0.3 is 58.5 Å². The van der Waals surface area contributed by atoms with Gasteiger partial charge >= 0.3 is 5.97 Å². The number of carbonyl (C=O) groups is 1. The summed E-state index contributed by atoms with van der Waals surface area (Å²) in [6, 6.07) is -0.567. The molecule has 0 spiro atoms. The summed E-state index contributed by atoms with van der Waals surface area (Å²) in [6.07, 6.45) is -7.28. The van der Waals surface area contributed by atoms with Crippen LogP contribution in [0.5, 0.6) is 0 Å². The summed E-state index contributed by atoms with van der Waals surface area (Å²) in [5, 5.41) is 47.5. The van der Waals surface area contributed by atoms with Crippen LogP contribution in [0.25, 0.3) is 0 Å². The Morgan fingerprint density at radius 2 is 1.65 bits per heavy atom. The molecule has 3 unspecified atom stereocenters. The van der Waals surface area contributed by atoms with Crippen molar-refractivity contribution in [1.82, 2.24) is 9.80 Å². The molecule has 14 heteroatoms. The first-order chi connectivity index (χ1) is 25.5. The minimum Gasteiger partial charge on any atom is -0.459 e. The van der Waals surface area contributed by atoms with Crippen molar-refractivity contribution >= 4 is 5.97 Å². The second kappa shape index (κ2) is 18.3. The smallest absolute Gasteiger partial charge is 0.311 e. The molecule has 0 aliphatic carbocycles. The van der Waals surface area contributed by atoms with E-state index in [-0.39, 0.29) is 43.6 Å². The molecule has 0 aromatic heterocycles. The number of likely N-dealkylation sites (N-methyl/N-ethyl adjacent to an activating group) is 1. The predicted molar refractivity (Wildman–Crippen MR) is 206 cm³/mol. The van der Waals surface area contributed by atoms with Crippen molar-refractivity contribution in [2.45, 2.75) is 185 Å². The van der Waals surface area contributed by atoms with Crippen LogP contribution >= 0.6 is 0 Å². The lowest BCUT2D eigenvalue weighted by molar-refractivity contribution is -0.318. The Morgan fingerprint density at radius 3 is 2.25 bits per heavy atom. The number of fused-ring (bicyclic) bond motifs is 2. The fourth-order valence-electron chi connectivity index (χ4n) is 9.65.